The van der Waals surface area contributed by atoms with Gasteiger partial charge in [0.1, 0.15) is 5.82 Å². The zero-order valence-corrected chi connectivity index (χ0v) is 11.6. The summed E-state index contributed by atoms with van der Waals surface area (Å²) < 4.78 is 13.8. The van der Waals surface area contributed by atoms with Gasteiger partial charge in [0.2, 0.25) is 0 Å². The van der Waals surface area contributed by atoms with Gasteiger partial charge < -0.3 is 16.2 Å². The molecule has 0 aromatic heterocycles. The van der Waals surface area contributed by atoms with Crippen molar-refractivity contribution in [3.8, 4) is 0 Å². The number of amides is 1. The molecule has 4 N–H and O–H groups in total. The molecule has 0 bridgehead atoms. The maximum Gasteiger partial charge on any atom is 0.254 e. The molecule has 0 aliphatic heterocycles. The minimum atomic E-state index is -0.549. The lowest BCUT2D eigenvalue weighted by Crippen LogP contribution is -2.35. The van der Waals surface area contributed by atoms with Crippen LogP contribution in [0, 0.1) is 18.2 Å². The Bertz CT molecular complexity index is 473. The second-order valence-electron chi connectivity index (χ2n) is 5.52. The van der Waals surface area contributed by atoms with Gasteiger partial charge in [0.05, 0.1) is 5.56 Å². The number of aliphatic hydroxyl groups is 1. The Labute approximate surface area is 112 Å². The molecule has 0 spiro atoms. The zero-order valence-electron chi connectivity index (χ0n) is 11.6. The van der Waals surface area contributed by atoms with Crippen molar-refractivity contribution in [3.63, 3.8) is 0 Å². The number of halogens is 1. The van der Waals surface area contributed by atoms with Crippen molar-refractivity contribution >= 4 is 11.6 Å². The van der Waals surface area contributed by atoms with Crippen LogP contribution in [-0.4, -0.2) is 24.2 Å². The van der Waals surface area contributed by atoms with Crippen molar-refractivity contribution in [2.75, 3.05) is 18.9 Å². The van der Waals surface area contributed by atoms with Gasteiger partial charge in [-0.05, 0) is 36.5 Å². The fraction of sp³-hybridized carbons (Fsp3) is 0.500. The number of aliphatic hydroxyl groups excluding tert-OH is 1. The van der Waals surface area contributed by atoms with Crippen molar-refractivity contribution < 1.29 is 14.3 Å². The number of rotatable bonds is 5. The molecular formula is C14H21FN2O2. The summed E-state index contributed by atoms with van der Waals surface area (Å²) in [5, 5.41) is 11.6. The summed E-state index contributed by atoms with van der Waals surface area (Å²) >= 11 is 0. The Hall–Kier alpha value is -1.62. The van der Waals surface area contributed by atoms with E-state index in [4.69, 9.17) is 10.8 Å². The highest BCUT2D eigenvalue weighted by molar-refractivity contribution is 5.95. The van der Waals surface area contributed by atoms with E-state index in [-0.39, 0.29) is 17.6 Å². The van der Waals surface area contributed by atoms with Crippen LogP contribution in [0.3, 0.4) is 0 Å². The lowest BCUT2D eigenvalue weighted by atomic mass is 9.89. The third kappa shape index (κ3) is 4.21. The minimum absolute atomic E-state index is 0.0442. The summed E-state index contributed by atoms with van der Waals surface area (Å²) in [6, 6.07) is 2.82. The van der Waals surface area contributed by atoms with E-state index in [0.29, 0.717) is 24.2 Å². The van der Waals surface area contributed by atoms with Crippen LogP contribution in [0.1, 0.15) is 36.2 Å². The Balaban J connectivity index is 2.80. The minimum Gasteiger partial charge on any atom is -0.399 e. The van der Waals surface area contributed by atoms with E-state index < -0.39 is 11.7 Å². The quantitative estimate of drug-likeness (QED) is 0.713. The molecule has 0 atom stereocenters. The molecule has 0 saturated carbocycles. The van der Waals surface area contributed by atoms with E-state index >= 15 is 0 Å². The van der Waals surface area contributed by atoms with Gasteiger partial charge in [-0.25, -0.2) is 4.39 Å². The first-order valence-corrected chi connectivity index (χ1v) is 6.21. The highest BCUT2D eigenvalue weighted by Crippen LogP contribution is 2.20. The molecule has 1 rings (SSSR count). The lowest BCUT2D eigenvalue weighted by Gasteiger charge is -2.24. The van der Waals surface area contributed by atoms with Crippen LogP contribution < -0.4 is 11.1 Å². The number of hydrogen-bond acceptors (Lipinski definition) is 3. The largest absolute Gasteiger partial charge is 0.399 e. The molecule has 5 heteroatoms. The van der Waals surface area contributed by atoms with Gasteiger partial charge in [0, 0.05) is 18.8 Å². The van der Waals surface area contributed by atoms with Crippen molar-refractivity contribution in [2.45, 2.75) is 27.2 Å². The topological polar surface area (TPSA) is 75.4 Å². The number of nitrogens with two attached hydrogens (primary N) is 1. The van der Waals surface area contributed by atoms with Crippen LogP contribution in [-0.2, 0) is 0 Å². The van der Waals surface area contributed by atoms with Crippen molar-refractivity contribution in [1.82, 2.24) is 5.32 Å². The number of aryl methyl sites for hydroxylation is 1. The molecule has 1 aromatic carbocycles. The van der Waals surface area contributed by atoms with Gasteiger partial charge in [0.15, 0.2) is 0 Å². The van der Waals surface area contributed by atoms with E-state index in [1.54, 1.807) is 6.92 Å². The summed E-state index contributed by atoms with van der Waals surface area (Å²) in [4.78, 5) is 12.0. The molecule has 0 aliphatic rings. The summed E-state index contributed by atoms with van der Waals surface area (Å²) in [7, 11) is 0. The van der Waals surface area contributed by atoms with Gasteiger partial charge in [-0.2, -0.15) is 0 Å². The molecule has 106 valence electrons. The molecule has 0 heterocycles. The standard InChI is InChI=1S/C14H21FN2O2/c1-9-6-10(16)7-11(12(9)15)13(19)17-8-14(2,3)4-5-18/h6-7,18H,4-5,8,16H2,1-3H3,(H,17,19). The van der Waals surface area contributed by atoms with Crippen molar-refractivity contribution in [2.24, 2.45) is 5.41 Å². The number of nitrogen functional groups attached to an aromatic ring is 1. The third-order valence-corrected chi connectivity index (χ3v) is 3.04. The Morgan fingerprint density at radius 2 is 2.11 bits per heavy atom. The fourth-order valence-corrected chi connectivity index (χ4v) is 1.77. The average molecular weight is 268 g/mol. The van der Waals surface area contributed by atoms with E-state index in [9.17, 15) is 9.18 Å². The summed E-state index contributed by atoms with van der Waals surface area (Å²) in [5.74, 6) is -1.04. The number of carbonyl (C=O) groups excluding carboxylic acids is 1. The van der Waals surface area contributed by atoms with E-state index in [1.165, 1.54) is 12.1 Å². The Morgan fingerprint density at radius 1 is 1.47 bits per heavy atom. The number of benzene rings is 1. The van der Waals surface area contributed by atoms with E-state index in [0.717, 1.165) is 0 Å². The van der Waals surface area contributed by atoms with Gasteiger partial charge in [-0.1, -0.05) is 13.8 Å². The maximum atomic E-state index is 13.8. The number of hydrogen-bond donors (Lipinski definition) is 3. The summed E-state index contributed by atoms with van der Waals surface area (Å²) in [5.41, 5.74) is 6.04. The molecule has 1 amide bonds. The third-order valence-electron chi connectivity index (χ3n) is 3.04. The van der Waals surface area contributed by atoms with Crippen LogP contribution >= 0.6 is 0 Å². The van der Waals surface area contributed by atoms with Gasteiger partial charge >= 0.3 is 0 Å². The summed E-state index contributed by atoms with van der Waals surface area (Å²) in [6.07, 6.45) is 0.561. The summed E-state index contributed by atoms with van der Waals surface area (Å²) in [6.45, 7) is 5.82. The molecular weight excluding hydrogens is 247 g/mol. The van der Waals surface area contributed by atoms with Gasteiger partial charge in [-0.15, -0.1) is 0 Å². The Morgan fingerprint density at radius 3 is 2.68 bits per heavy atom. The molecule has 0 saturated heterocycles. The molecule has 0 radical (unpaired) electrons. The SMILES string of the molecule is Cc1cc(N)cc(C(=O)NCC(C)(C)CCO)c1F. The van der Waals surface area contributed by atoms with Crippen LogP contribution in [0.15, 0.2) is 12.1 Å². The van der Waals surface area contributed by atoms with Crippen LogP contribution in [0.5, 0.6) is 0 Å². The molecule has 1 aromatic rings. The second-order valence-corrected chi connectivity index (χ2v) is 5.52. The highest BCUT2D eigenvalue weighted by Gasteiger charge is 2.20. The first-order chi connectivity index (χ1) is 8.76. The first-order valence-electron chi connectivity index (χ1n) is 6.21. The zero-order chi connectivity index (χ0) is 14.6. The van der Waals surface area contributed by atoms with Gasteiger partial charge in [-0.3, -0.25) is 4.79 Å². The highest BCUT2D eigenvalue weighted by atomic mass is 19.1. The normalized spacial score (nSPS) is 11.4. The second kappa shape index (κ2) is 6.02. The lowest BCUT2D eigenvalue weighted by molar-refractivity contribution is 0.0924. The monoisotopic (exact) mass is 268 g/mol. The van der Waals surface area contributed by atoms with E-state index in [1.807, 2.05) is 13.8 Å². The number of carbonyl (C=O) groups is 1. The average Bonchev–Trinajstić information content (AvgIpc) is 2.31. The molecule has 0 aliphatic carbocycles. The van der Waals surface area contributed by atoms with Crippen molar-refractivity contribution in [1.29, 1.82) is 0 Å². The number of nitrogens with one attached hydrogen (secondary N) is 1. The molecule has 19 heavy (non-hydrogen) atoms. The maximum absolute atomic E-state index is 13.8. The smallest absolute Gasteiger partial charge is 0.254 e. The van der Waals surface area contributed by atoms with Crippen LogP contribution in [0.2, 0.25) is 0 Å². The van der Waals surface area contributed by atoms with Crippen LogP contribution in [0.25, 0.3) is 0 Å². The Kier molecular flexibility index (Phi) is 4.89. The number of anilines is 1. The van der Waals surface area contributed by atoms with Gasteiger partial charge in [0.25, 0.3) is 5.91 Å². The molecule has 4 nitrogen and oxygen atoms in total. The van der Waals surface area contributed by atoms with Crippen molar-refractivity contribution in [3.05, 3.63) is 29.1 Å². The molecule has 0 fully saturated rings. The van der Waals surface area contributed by atoms with Crippen LogP contribution in [0.4, 0.5) is 10.1 Å². The first kappa shape index (κ1) is 15.4. The predicted octanol–water partition coefficient (Wildman–Crippen LogP) is 1.85. The molecule has 0 unspecified atom stereocenters. The van der Waals surface area contributed by atoms with E-state index in [2.05, 4.69) is 5.32 Å². The fourth-order valence-electron chi connectivity index (χ4n) is 1.77. The predicted molar refractivity (Wildman–Crippen MR) is 73.4 cm³/mol.